The quantitative estimate of drug-likeness (QED) is 0.599. The molecule has 0 aromatic heterocycles. The Kier molecular flexibility index (Phi) is 5.42. The van der Waals surface area contributed by atoms with Gasteiger partial charge in [-0.25, -0.2) is 0 Å². The van der Waals surface area contributed by atoms with Crippen LogP contribution in [0, 0.1) is 5.92 Å². The molecule has 0 aliphatic heterocycles. The van der Waals surface area contributed by atoms with Gasteiger partial charge in [-0.2, -0.15) is 0 Å². The molecule has 0 heterocycles. The molecule has 1 aromatic rings. The Hall–Kier alpha value is -0.851. The molecule has 0 amide bonds. The summed E-state index contributed by atoms with van der Waals surface area (Å²) in [6, 6.07) is 10.5. The van der Waals surface area contributed by atoms with Crippen LogP contribution in [0.1, 0.15) is 39.5 Å². The SMILES string of the molecule is CC(C)=CCCC1CCC(=O)C1[Se]c1ccccc1. The van der Waals surface area contributed by atoms with Crippen molar-refractivity contribution in [3.8, 4) is 0 Å². The third-order valence-corrected chi connectivity index (χ3v) is 6.64. The number of Topliss-reactive ketones (excluding diaryl/α,β-unsaturated/α-hetero) is 1. The fourth-order valence-electron chi connectivity index (χ4n) is 2.57. The number of hydrogen-bond acceptors (Lipinski definition) is 1. The first-order valence-electron chi connectivity index (χ1n) is 7.04. The first kappa shape index (κ1) is 14.6. The topological polar surface area (TPSA) is 17.1 Å². The normalized spacial score (nSPS) is 22.5. The van der Waals surface area contributed by atoms with Crippen LogP contribution in [0.2, 0.25) is 4.82 Å². The number of benzene rings is 1. The molecule has 102 valence electrons. The second kappa shape index (κ2) is 7.07. The summed E-state index contributed by atoms with van der Waals surface area (Å²) in [7, 11) is 0. The van der Waals surface area contributed by atoms with Crippen molar-refractivity contribution >= 4 is 25.2 Å². The zero-order valence-corrected chi connectivity index (χ0v) is 13.5. The van der Waals surface area contributed by atoms with E-state index in [2.05, 4.69) is 44.2 Å². The molecule has 1 saturated carbocycles. The van der Waals surface area contributed by atoms with Gasteiger partial charge >= 0.3 is 122 Å². The molecule has 0 N–H and O–H groups in total. The average molecular weight is 321 g/mol. The number of allylic oxidation sites excluding steroid dienone is 2. The second-order valence-electron chi connectivity index (χ2n) is 5.48. The summed E-state index contributed by atoms with van der Waals surface area (Å²) in [6.07, 6.45) is 6.51. The molecular formula is C17H22OSe. The van der Waals surface area contributed by atoms with E-state index in [1.54, 1.807) is 0 Å². The molecule has 0 spiro atoms. The molecule has 2 unspecified atom stereocenters. The van der Waals surface area contributed by atoms with Crippen LogP contribution in [-0.2, 0) is 4.79 Å². The van der Waals surface area contributed by atoms with E-state index in [-0.39, 0.29) is 0 Å². The van der Waals surface area contributed by atoms with Crippen molar-refractivity contribution in [1.82, 2.24) is 0 Å². The molecule has 1 aliphatic rings. The molecule has 2 atom stereocenters. The van der Waals surface area contributed by atoms with Crippen LogP contribution in [0.4, 0.5) is 0 Å². The fourth-order valence-corrected chi connectivity index (χ4v) is 5.35. The van der Waals surface area contributed by atoms with Crippen molar-refractivity contribution in [3.05, 3.63) is 42.0 Å². The van der Waals surface area contributed by atoms with Gasteiger partial charge < -0.3 is 0 Å². The number of ketones is 1. The minimum atomic E-state index is 0.310. The number of carbonyl (C=O) groups is 1. The van der Waals surface area contributed by atoms with Crippen molar-refractivity contribution < 1.29 is 4.79 Å². The van der Waals surface area contributed by atoms with Gasteiger partial charge in [0.05, 0.1) is 0 Å². The average Bonchev–Trinajstić information content (AvgIpc) is 2.72. The van der Waals surface area contributed by atoms with Crippen molar-refractivity contribution in [2.24, 2.45) is 5.92 Å². The van der Waals surface area contributed by atoms with Gasteiger partial charge in [-0.05, 0) is 0 Å². The summed E-state index contributed by atoms with van der Waals surface area (Å²) >= 11 is 0.310. The standard InChI is InChI=1S/C17H22OSe/c1-13(2)7-6-8-14-11-12-16(18)17(14)19-15-9-4-3-5-10-15/h3-5,7,9-10,14,17H,6,8,11-12H2,1-2H3. The van der Waals surface area contributed by atoms with E-state index in [0.717, 1.165) is 19.3 Å². The van der Waals surface area contributed by atoms with Gasteiger partial charge in [-0.3, -0.25) is 0 Å². The van der Waals surface area contributed by atoms with Crippen LogP contribution in [0.15, 0.2) is 42.0 Å². The monoisotopic (exact) mass is 322 g/mol. The summed E-state index contributed by atoms with van der Waals surface area (Å²) in [5.41, 5.74) is 1.38. The van der Waals surface area contributed by atoms with Crippen LogP contribution < -0.4 is 4.46 Å². The number of carbonyl (C=O) groups excluding carboxylic acids is 1. The van der Waals surface area contributed by atoms with Gasteiger partial charge in [0, 0.05) is 0 Å². The van der Waals surface area contributed by atoms with Crippen molar-refractivity contribution in [2.75, 3.05) is 0 Å². The summed E-state index contributed by atoms with van der Waals surface area (Å²) in [5, 5.41) is 0. The van der Waals surface area contributed by atoms with Gasteiger partial charge in [0.25, 0.3) is 0 Å². The third kappa shape index (κ3) is 4.33. The minimum absolute atomic E-state index is 0.310. The zero-order chi connectivity index (χ0) is 13.7. The van der Waals surface area contributed by atoms with Gasteiger partial charge in [-0.1, -0.05) is 0 Å². The molecule has 0 saturated heterocycles. The zero-order valence-electron chi connectivity index (χ0n) is 11.8. The number of rotatable bonds is 5. The molecule has 0 bridgehead atoms. The second-order valence-corrected chi connectivity index (χ2v) is 8.02. The van der Waals surface area contributed by atoms with Gasteiger partial charge in [0.1, 0.15) is 0 Å². The molecule has 2 heteroatoms. The van der Waals surface area contributed by atoms with E-state index in [0.29, 0.717) is 31.5 Å². The first-order chi connectivity index (χ1) is 9.16. The predicted molar refractivity (Wildman–Crippen MR) is 82.0 cm³/mol. The van der Waals surface area contributed by atoms with Crippen LogP contribution >= 0.6 is 0 Å². The van der Waals surface area contributed by atoms with E-state index in [4.69, 9.17) is 0 Å². The number of hydrogen-bond donors (Lipinski definition) is 0. The van der Waals surface area contributed by atoms with Gasteiger partial charge in [-0.15, -0.1) is 0 Å². The summed E-state index contributed by atoms with van der Waals surface area (Å²) < 4.78 is 1.36. The third-order valence-electron chi connectivity index (χ3n) is 3.60. The van der Waals surface area contributed by atoms with E-state index in [9.17, 15) is 4.79 Å². The predicted octanol–water partition coefficient (Wildman–Crippen LogP) is 3.53. The van der Waals surface area contributed by atoms with Crippen LogP contribution in [0.3, 0.4) is 0 Å². The molecular weight excluding hydrogens is 299 g/mol. The first-order valence-corrected chi connectivity index (χ1v) is 8.89. The molecule has 2 rings (SSSR count). The van der Waals surface area contributed by atoms with E-state index < -0.39 is 0 Å². The fraction of sp³-hybridized carbons (Fsp3) is 0.471. The van der Waals surface area contributed by atoms with Crippen LogP contribution in [-0.4, -0.2) is 20.7 Å². The van der Waals surface area contributed by atoms with E-state index in [1.165, 1.54) is 16.5 Å². The Labute approximate surface area is 122 Å². The van der Waals surface area contributed by atoms with Gasteiger partial charge in [0.2, 0.25) is 0 Å². The maximum atomic E-state index is 12.1. The van der Waals surface area contributed by atoms with Gasteiger partial charge in [0.15, 0.2) is 0 Å². The van der Waals surface area contributed by atoms with Crippen molar-refractivity contribution in [1.29, 1.82) is 0 Å². The molecule has 1 nitrogen and oxygen atoms in total. The van der Waals surface area contributed by atoms with Crippen LogP contribution in [0.25, 0.3) is 0 Å². The summed E-state index contributed by atoms with van der Waals surface area (Å²) in [5.74, 6) is 1.12. The summed E-state index contributed by atoms with van der Waals surface area (Å²) in [4.78, 5) is 12.4. The Morgan fingerprint density at radius 2 is 2.05 bits per heavy atom. The molecule has 0 radical (unpaired) electrons. The molecule has 1 aliphatic carbocycles. The molecule has 1 aromatic carbocycles. The summed E-state index contributed by atoms with van der Waals surface area (Å²) in [6.45, 7) is 4.29. The van der Waals surface area contributed by atoms with Crippen molar-refractivity contribution in [2.45, 2.75) is 44.3 Å². The Morgan fingerprint density at radius 3 is 2.74 bits per heavy atom. The van der Waals surface area contributed by atoms with E-state index >= 15 is 0 Å². The Morgan fingerprint density at radius 1 is 1.32 bits per heavy atom. The Bertz CT molecular complexity index is 446. The molecule has 1 fully saturated rings. The Balaban J connectivity index is 1.96. The van der Waals surface area contributed by atoms with Crippen molar-refractivity contribution in [3.63, 3.8) is 0 Å². The van der Waals surface area contributed by atoms with E-state index in [1.807, 2.05) is 6.07 Å². The molecule has 19 heavy (non-hydrogen) atoms. The maximum absolute atomic E-state index is 12.1. The van der Waals surface area contributed by atoms with Crippen LogP contribution in [0.5, 0.6) is 0 Å².